The van der Waals surface area contributed by atoms with Gasteiger partial charge in [-0.15, -0.1) is 0 Å². The summed E-state index contributed by atoms with van der Waals surface area (Å²) in [6.45, 7) is 2.69. The van der Waals surface area contributed by atoms with E-state index < -0.39 is 86.8 Å². The third-order valence-electron chi connectivity index (χ3n) is 18.4. The molecule has 14 heteroatoms. The minimum Gasteiger partial charge on any atom is -0.394 e. The normalized spacial score (nSPS) is 22.8. The molecule has 1 amide bonds. The van der Waals surface area contributed by atoms with E-state index in [0.717, 1.165) is 96.3 Å². The van der Waals surface area contributed by atoms with E-state index in [9.17, 15) is 45.6 Å². The van der Waals surface area contributed by atoms with Gasteiger partial charge in [-0.2, -0.15) is 0 Å². The van der Waals surface area contributed by atoms with Gasteiger partial charge in [-0.05, 0) is 89.9 Å². The van der Waals surface area contributed by atoms with Crippen molar-refractivity contribution in [3.05, 3.63) is 122 Å². The largest absolute Gasteiger partial charge is 0.394 e. The summed E-state index contributed by atoms with van der Waals surface area (Å²) in [6, 6.07) is -0.945. The van der Waals surface area contributed by atoms with E-state index in [-0.39, 0.29) is 18.9 Å². The zero-order chi connectivity index (χ0) is 70.1. The Morgan fingerprint density at radius 1 is 0.381 bits per heavy atom. The molecule has 9 N–H and O–H groups in total. The van der Waals surface area contributed by atoms with Crippen LogP contribution in [0.4, 0.5) is 0 Å². The van der Waals surface area contributed by atoms with E-state index in [1.54, 1.807) is 6.08 Å². The molecule has 0 aliphatic carbocycles. The molecule has 2 aliphatic rings. The molecule has 0 aromatic rings. The number of ether oxygens (including phenoxy) is 4. The van der Waals surface area contributed by atoms with Gasteiger partial charge in [0, 0.05) is 6.42 Å². The number of hydrogen-bond donors (Lipinski definition) is 9. The number of unbranched alkanes of at least 4 members (excludes halogenated alkanes) is 33. The lowest BCUT2D eigenvalue weighted by Gasteiger charge is -2.46. The van der Waals surface area contributed by atoms with E-state index in [4.69, 9.17) is 18.9 Å². The molecule has 2 aliphatic heterocycles. The summed E-state index contributed by atoms with van der Waals surface area (Å²) in [5, 5.41) is 87.6. The molecule has 2 rings (SSSR count). The smallest absolute Gasteiger partial charge is 0.220 e. The van der Waals surface area contributed by atoms with Gasteiger partial charge in [0.1, 0.15) is 48.8 Å². The average Bonchev–Trinajstić information content (AvgIpc) is 0.794. The van der Waals surface area contributed by atoms with Gasteiger partial charge in [-0.25, -0.2) is 0 Å². The molecule has 0 saturated carbocycles. The van der Waals surface area contributed by atoms with Crippen molar-refractivity contribution >= 4 is 5.91 Å². The number of aliphatic hydroxyl groups is 8. The van der Waals surface area contributed by atoms with Crippen molar-refractivity contribution in [2.45, 2.75) is 376 Å². The van der Waals surface area contributed by atoms with Crippen LogP contribution in [0.1, 0.15) is 303 Å². The first-order chi connectivity index (χ1) is 47.6. The molecule has 0 aromatic carbocycles. The first-order valence-electron chi connectivity index (χ1n) is 39.3. The van der Waals surface area contributed by atoms with Crippen molar-refractivity contribution in [1.29, 1.82) is 0 Å². The predicted octanol–water partition coefficient (Wildman–Crippen LogP) is 17.6. The van der Waals surface area contributed by atoms with E-state index in [1.165, 1.54) is 180 Å². The molecule has 14 nitrogen and oxygen atoms in total. The quantitative estimate of drug-likeness (QED) is 0.0204. The third-order valence-corrected chi connectivity index (χ3v) is 18.4. The number of nitrogens with one attached hydrogen (secondary N) is 1. The van der Waals surface area contributed by atoms with E-state index >= 15 is 0 Å². The number of hydrogen-bond acceptors (Lipinski definition) is 13. The molecule has 12 unspecified atom stereocenters. The highest BCUT2D eigenvalue weighted by Gasteiger charge is 2.51. The Kier molecular flexibility index (Phi) is 60.6. The van der Waals surface area contributed by atoms with E-state index in [2.05, 4.69) is 129 Å². The minimum absolute atomic E-state index is 0.234. The molecule has 0 bridgehead atoms. The lowest BCUT2D eigenvalue weighted by molar-refractivity contribution is -0.359. The average molecular weight is 1360 g/mol. The molecular formula is C83H143NO13. The van der Waals surface area contributed by atoms with Gasteiger partial charge in [0.15, 0.2) is 12.6 Å². The highest BCUT2D eigenvalue weighted by Crippen LogP contribution is 2.30. The Bertz CT molecular complexity index is 2100. The number of amides is 1. The lowest BCUT2D eigenvalue weighted by atomic mass is 9.97. The van der Waals surface area contributed by atoms with Crippen LogP contribution in [-0.4, -0.2) is 140 Å². The van der Waals surface area contributed by atoms with Gasteiger partial charge in [0.05, 0.1) is 32.0 Å². The number of aliphatic hydroxyl groups excluding tert-OH is 8. The van der Waals surface area contributed by atoms with Crippen LogP contribution < -0.4 is 5.32 Å². The van der Waals surface area contributed by atoms with Gasteiger partial charge < -0.3 is 65.1 Å². The van der Waals surface area contributed by atoms with Gasteiger partial charge in [-0.3, -0.25) is 4.79 Å². The summed E-state index contributed by atoms with van der Waals surface area (Å²) in [5.74, 6) is -0.273. The molecule has 2 heterocycles. The third kappa shape index (κ3) is 48.8. The van der Waals surface area contributed by atoms with Gasteiger partial charge in [0.2, 0.25) is 5.91 Å². The zero-order valence-electron chi connectivity index (χ0n) is 61.0. The van der Waals surface area contributed by atoms with E-state index in [0.29, 0.717) is 6.42 Å². The Labute approximate surface area is 590 Å². The topological polar surface area (TPSA) is 228 Å². The SMILES string of the molecule is CC/C=C\C/C=C\C/C=C\C/C=C\C/C=C\C/C=C\C/C=C\C/C=C\C/C=C\CCCCCC(=O)NC(COC1OC(CO)C(OC2OC(CO)C(O)C(O)C2O)C(O)C1O)C(O)/C=C/CCCCCCCCCCCCCCCCCCCCCCCCCCCCCCCC. The second-order valence-electron chi connectivity index (χ2n) is 27.1. The van der Waals surface area contributed by atoms with Crippen LogP contribution in [0, 0.1) is 0 Å². The Morgan fingerprint density at radius 3 is 1.09 bits per heavy atom. The van der Waals surface area contributed by atoms with Crippen molar-refractivity contribution in [2.24, 2.45) is 0 Å². The van der Waals surface area contributed by atoms with Crippen LogP contribution in [-0.2, 0) is 23.7 Å². The van der Waals surface area contributed by atoms with Crippen molar-refractivity contribution in [1.82, 2.24) is 5.32 Å². The Hall–Kier alpha value is -3.61. The van der Waals surface area contributed by atoms with E-state index in [1.807, 2.05) is 6.08 Å². The zero-order valence-corrected chi connectivity index (χ0v) is 61.0. The number of rotatable bonds is 64. The van der Waals surface area contributed by atoms with Crippen molar-refractivity contribution in [2.75, 3.05) is 19.8 Å². The first-order valence-corrected chi connectivity index (χ1v) is 39.3. The first kappa shape index (κ1) is 89.5. The number of allylic oxidation sites excluding steroid dienone is 19. The monoisotopic (exact) mass is 1360 g/mol. The number of carbonyl (C=O) groups is 1. The van der Waals surface area contributed by atoms with Crippen LogP contribution >= 0.6 is 0 Å². The van der Waals surface area contributed by atoms with Crippen LogP contribution in [0.3, 0.4) is 0 Å². The second kappa shape index (κ2) is 65.7. The van der Waals surface area contributed by atoms with Gasteiger partial charge >= 0.3 is 0 Å². The standard InChI is InChI=1S/C83H143NO13/c1-3-5-7-9-11-13-15-17-19-21-23-25-27-29-31-33-35-37-38-40-42-44-46-48-50-52-54-56-58-60-62-64-66-72(87)71(70-94-82-80(93)78(91)81(74(69-86)96-82)97-83-79(92)77(90)76(89)73(68-85)95-83)84-75(88)67-65-63-61-59-57-55-53-51-49-47-45-43-41-39-36-34-32-30-28-26-24-22-20-18-16-14-12-10-8-6-4-2/h6,8,12,14,18,20,24,26,30,32,36,39,43,45,49,51,55,57,64,66,71-74,76-83,85-87,89-93H,3-5,7,9-11,13,15-17,19,21-23,25,27-29,31,33-35,37-38,40-42,44,46-48,50,52-54,56,58-63,65,67-70H2,1-2H3,(H,84,88)/b8-6-,14-12-,20-18-,26-24-,32-30-,39-36-,45-43-,51-49-,57-55-,66-64+. The fraction of sp³-hybridized carbons (Fsp3) is 0.747. The molecule has 2 saturated heterocycles. The van der Waals surface area contributed by atoms with Crippen molar-refractivity contribution in [3.63, 3.8) is 0 Å². The lowest BCUT2D eigenvalue weighted by Crippen LogP contribution is -2.65. The summed E-state index contributed by atoms with van der Waals surface area (Å²) < 4.78 is 22.9. The van der Waals surface area contributed by atoms with Crippen LogP contribution in [0.15, 0.2) is 122 Å². The fourth-order valence-corrected chi connectivity index (χ4v) is 12.2. The molecule has 558 valence electrons. The summed E-state index contributed by atoms with van der Waals surface area (Å²) >= 11 is 0. The van der Waals surface area contributed by atoms with Gasteiger partial charge in [-0.1, -0.05) is 328 Å². The summed E-state index contributed by atoms with van der Waals surface area (Å²) in [4.78, 5) is 13.4. The maximum atomic E-state index is 13.4. The predicted molar refractivity (Wildman–Crippen MR) is 401 cm³/mol. The van der Waals surface area contributed by atoms with Crippen LogP contribution in [0.2, 0.25) is 0 Å². The highest BCUT2D eigenvalue weighted by molar-refractivity contribution is 5.76. The molecule has 97 heavy (non-hydrogen) atoms. The summed E-state index contributed by atoms with van der Waals surface area (Å²) in [5.41, 5.74) is 0. The van der Waals surface area contributed by atoms with Gasteiger partial charge in [0.25, 0.3) is 0 Å². The van der Waals surface area contributed by atoms with Crippen molar-refractivity contribution < 1.29 is 64.6 Å². The maximum absolute atomic E-state index is 13.4. The molecule has 0 radical (unpaired) electrons. The van der Waals surface area contributed by atoms with Crippen LogP contribution in [0.5, 0.6) is 0 Å². The van der Waals surface area contributed by atoms with Crippen molar-refractivity contribution in [3.8, 4) is 0 Å². The fourth-order valence-electron chi connectivity index (χ4n) is 12.2. The second-order valence-corrected chi connectivity index (χ2v) is 27.1. The summed E-state index contributed by atoms with van der Waals surface area (Å²) in [6.07, 6.45) is 79.8. The molecule has 12 atom stereocenters. The molecular weight excluding hydrogens is 1220 g/mol. The summed E-state index contributed by atoms with van der Waals surface area (Å²) in [7, 11) is 0. The highest BCUT2D eigenvalue weighted by atomic mass is 16.7. The Balaban J connectivity index is 1.67. The molecule has 0 spiro atoms. The minimum atomic E-state index is -1.80. The molecule has 2 fully saturated rings. The number of carbonyl (C=O) groups excluding carboxylic acids is 1. The van der Waals surface area contributed by atoms with Crippen LogP contribution in [0.25, 0.3) is 0 Å². The maximum Gasteiger partial charge on any atom is 0.220 e. The Morgan fingerprint density at radius 2 is 0.711 bits per heavy atom. The molecule has 0 aromatic heterocycles.